The molecule has 1 N–H and O–H groups in total. The zero-order chi connectivity index (χ0) is 25.0. The molecule has 0 amide bonds. The number of hydrogen-bond acceptors (Lipinski definition) is 2. The minimum absolute atomic E-state index is 0.0221. The average molecular weight is 495 g/mol. The van der Waals surface area contributed by atoms with Gasteiger partial charge >= 0.3 is 6.11 Å². The Kier molecular flexibility index (Phi) is 8.15. The summed E-state index contributed by atoms with van der Waals surface area (Å²) in [5.41, 5.74) is -0.511. The molecule has 0 radical (unpaired) electrons. The van der Waals surface area contributed by atoms with Gasteiger partial charge in [0, 0.05) is 18.7 Å². The number of aliphatic hydroxyl groups excluding tert-OH is 1. The van der Waals surface area contributed by atoms with Crippen molar-refractivity contribution in [3.05, 3.63) is 66.0 Å². The van der Waals surface area contributed by atoms with Crippen LogP contribution in [0.1, 0.15) is 51.4 Å². The van der Waals surface area contributed by atoms with Crippen molar-refractivity contribution in [1.82, 2.24) is 0 Å². The van der Waals surface area contributed by atoms with Gasteiger partial charge in [0.2, 0.25) is 0 Å². The van der Waals surface area contributed by atoms with Gasteiger partial charge in [-0.25, -0.2) is 13.2 Å². The minimum atomic E-state index is -3.56. The Hall–Kier alpha value is -2.41. The van der Waals surface area contributed by atoms with E-state index in [0.29, 0.717) is 24.7 Å². The smallest absolute Gasteiger partial charge is 0.400 e. The predicted molar refractivity (Wildman–Crippen MR) is 124 cm³/mol. The quantitative estimate of drug-likeness (QED) is 0.313. The van der Waals surface area contributed by atoms with Crippen molar-refractivity contribution in [1.29, 1.82) is 0 Å². The van der Waals surface area contributed by atoms with Gasteiger partial charge in [0.1, 0.15) is 23.2 Å². The molecule has 4 rings (SSSR count). The van der Waals surface area contributed by atoms with E-state index < -0.39 is 40.8 Å². The summed E-state index contributed by atoms with van der Waals surface area (Å²) in [6.45, 7) is 0.243. The molecule has 2 aliphatic carbocycles. The highest BCUT2D eigenvalue weighted by Crippen LogP contribution is 2.42. The molecule has 190 valence electrons. The summed E-state index contributed by atoms with van der Waals surface area (Å²) < 4.78 is 77.1. The van der Waals surface area contributed by atoms with E-state index in [0.717, 1.165) is 49.9 Å². The van der Waals surface area contributed by atoms with Crippen LogP contribution in [0, 0.1) is 41.1 Å². The molecule has 0 aromatic heterocycles. The molecule has 2 nitrogen and oxygen atoms in total. The SMILES string of the molecule is OCC1CCC(/C=C/C2CCC(C(F)(F)Oc3cc(F)c(-c4cccc(F)c4)c(F)c3)CC2)CC1. The second kappa shape index (κ2) is 11.1. The highest BCUT2D eigenvalue weighted by Gasteiger charge is 2.44. The number of allylic oxidation sites excluding steroid dienone is 2. The van der Waals surface area contributed by atoms with Crippen molar-refractivity contribution in [3.63, 3.8) is 0 Å². The van der Waals surface area contributed by atoms with E-state index in [9.17, 15) is 27.1 Å². The third-order valence-corrected chi connectivity index (χ3v) is 7.44. The maximum atomic E-state index is 14.9. The van der Waals surface area contributed by atoms with Gasteiger partial charge in [0.15, 0.2) is 0 Å². The molecular weight excluding hydrogens is 463 g/mol. The van der Waals surface area contributed by atoms with Gasteiger partial charge in [0.05, 0.1) is 11.5 Å². The van der Waals surface area contributed by atoms with Gasteiger partial charge in [-0.05, 0) is 86.8 Å². The van der Waals surface area contributed by atoms with Gasteiger partial charge in [-0.3, -0.25) is 0 Å². The lowest BCUT2D eigenvalue weighted by Crippen LogP contribution is -2.37. The molecule has 0 saturated heterocycles. The normalized spacial score (nSPS) is 25.7. The molecule has 2 aromatic rings. The van der Waals surface area contributed by atoms with Crippen LogP contribution in [0.3, 0.4) is 0 Å². The second-order valence-electron chi connectivity index (χ2n) is 9.90. The number of aliphatic hydroxyl groups is 1. The first-order valence-corrected chi connectivity index (χ1v) is 12.4. The van der Waals surface area contributed by atoms with Crippen molar-refractivity contribution >= 4 is 0 Å². The summed E-state index contributed by atoms with van der Waals surface area (Å²) in [6.07, 6.45) is 6.66. The van der Waals surface area contributed by atoms with E-state index in [4.69, 9.17) is 4.74 Å². The van der Waals surface area contributed by atoms with Gasteiger partial charge in [-0.15, -0.1) is 0 Å². The first-order valence-electron chi connectivity index (χ1n) is 12.4. The number of benzene rings is 2. The molecule has 0 bridgehead atoms. The Labute approximate surface area is 202 Å². The maximum absolute atomic E-state index is 14.9. The Morgan fingerprint density at radius 3 is 1.94 bits per heavy atom. The van der Waals surface area contributed by atoms with Crippen molar-refractivity contribution in [2.45, 2.75) is 57.5 Å². The zero-order valence-electron chi connectivity index (χ0n) is 19.5. The number of rotatable bonds is 7. The highest BCUT2D eigenvalue weighted by atomic mass is 19.3. The van der Waals surface area contributed by atoms with E-state index in [1.807, 2.05) is 0 Å². The Morgan fingerprint density at radius 2 is 1.40 bits per heavy atom. The third-order valence-electron chi connectivity index (χ3n) is 7.44. The molecule has 2 fully saturated rings. The summed E-state index contributed by atoms with van der Waals surface area (Å²) in [5, 5.41) is 9.25. The highest BCUT2D eigenvalue weighted by molar-refractivity contribution is 5.65. The number of alkyl halides is 2. The van der Waals surface area contributed by atoms with Crippen LogP contribution in [0.4, 0.5) is 22.0 Å². The fraction of sp³-hybridized carbons (Fsp3) is 0.500. The molecule has 2 aromatic carbocycles. The lowest BCUT2D eigenvalue weighted by molar-refractivity contribution is -0.223. The average Bonchev–Trinajstić information content (AvgIpc) is 2.83. The molecule has 2 aliphatic rings. The lowest BCUT2D eigenvalue weighted by atomic mass is 9.79. The fourth-order valence-electron chi connectivity index (χ4n) is 5.29. The van der Waals surface area contributed by atoms with Gasteiger partial charge in [-0.1, -0.05) is 24.3 Å². The number of ether oxygens (including phenoxy) is 1. The molecular formula is C28H31F5O2. The summed E-state index contributed by atoms with van der Waals surface area (Å²) in [5.74, 6) is -3.36. The summed E-state index contributed by atoms with van der Waals surface area (Å²) in [4.78, 5) is 0. The van der Waals surface area contributed by atoms with E-state index >= 15 is 0 Å². The third kappa shape index (κ3) is 6.43. The van der Waals surface area contributed by atoms with Crippen molar-refractivity contribution in [2.24, 2.45) is 23.7 Å². The summed E-state index contributed by atoms with van der Waals surface area (Å²) >= 11 is 0. The summed E-state index contributed by atoms with van der Waals surface area (Å²) in [6, 6.07) is 6.21. The van der Waals surface area contributed by atoms with Gasteiger partial charge < -0.3 is 9.84 Å². The monoisotopic (exact) mass is 494 g/mol. The van der Waals surface area contributed by atoms with Crippen LogP contribution in [0.25, 0.3) is 11.1 Å². The van der Waals surface area contributed by atoms with Crippen molar-refractivity contribution in [3.8, 4) is 16.9 Å². The Morgan fingerprint density at radius 1 is 0.829 bits per heavy atom. The molecule has 0 atom stereocenters. The minimum Gasteiger partial charge on any atom is -0.432 e. The van der Waals surface area contributed by atoms with E-state index in [2.05, 4.69) is 12.2 Å². The predicted octanol–water partition coefficient (Wildman–Crippen LogP) is 7.90. The molecule has 35 heavy (non-hydrogen) atoms. The van der Waals surface area contributed by atoms with Gasteiger partial charge in [-0.2, -0.15) is 8.78 Å². The Bertz CT molecular complexity index is 999. The van der Waals surface area contributed by atoms with Crippen LogP contribution < -0.4 is 4.74 Å². The molecule has 0 unspecified atom stereocenters. The van der Waals surface area contributed by atoms with Crippen molar-refractivity contribution in [2.75, 3.05) is 6.61 Å². The zero-order valence-corrected chi connectivity index (χ0v) is 19.5. The Balaban J connectivity index is 1.34. The van der Waals surface area contributed by atoms with E-state index in [1.54, 1.807) is 0 Å². The summed E-state index contributed by atoms with van der Waals surface area (Å²) in [7, 11) is 0. The van der Waals surface area contributed by atoms with E-state index in [-0.39, 0.29) is 30.9 Å². The number of hydrogen-bond donors (Lipinski definition) is 1. The van der Waals surface area contributed by atoms with Crippen LogP contribution in [0.5, 0.6) is 5.75 Å². The fourth-order valence-corrected chi connectivity index (χ4v) is 5.29. The van der Waals surface area contributed by atoms with Crippen LogP contribution in [-0.2, 0) is 0 Å². The topological polar surface area (TPSA) is 29.5 Å². The van der Waals surface area contributed by atoms with Crippen LogP contribution in [-0.4, -0.2) is 17.8 Å². The largest absolute Gasteiger partial charge is 0.432 e. The molecule has 0 spiro atoms. The maximum Gasteiger partial charge on any atom is 0.400 e. The number of halogens is 5. The second-order valence-corrected chi connectivity index (χ2v) is 9.90. The van der Waals surface area contributed by atoms with E-state index in [1.165, 1.54) is 12.1 Å². The van der Waals surface area contributed by atoms with Crippen molar-refractivity contribution < 1.29 is 31.8 Å². The molecule has 2 saturated carbocycles. The van der Waals surface area contributed by atoms with Gasteiger partial charge in [0.25, 0.3) is 0 Å². The van der Waals surface area contributed by atoms with Crippen LogP contribution in [0.15, 0.2) is 48.6 Å². The first kappa shape index (κ1) is 25.7. The lowest BCUT2D eigenvalue weighted by Gasteiger charge is -2.32. The molecule has 0 heterocycles. The molecule has 7 heteroatoms. The standard InChI is InChI=1S/C28H31F5O2/c29-23-3-1-2-21(14-23)27-25(30)15-24(16-26(27)31)35-28(32,33)22-12-10-19(11-13-22)5-4-18-6-8-20(17-34)9-7-18/h1-5,14-16,18-20,22,34H,6-13,17H2/b5-4+. The van der Waals surface area contributed by atoms with Crippen LogP contribution >= 0.6 is 0 Å². The van der Waals surface area contributed by atoms with Crippen LogP contribution in [0.2, 0.25) is 0 Å². The first-order chi connectivity index (χ1) is 16.7. The molecule has 0 aliphatic heterocycles.